The first-order valence-electron chi connectivity index (χ1n) is 10.8. The summed E-state index contributed by atoms with van der Waals surface area (Å²) in [5, 5.41) is 0. The molecule has 0 bridgehead atoms. The van der Waals surface area contributed by atoms with Crippen LogP contribution in [0.2, 0.25) is 0 Å². The van der Waals surface area contributed by atoms with Crippen LogP contribution in [0.15, 0.2) is 46.9 Å². The molecule has 162 valence electrons. The standard InChI is InChI=1S/C24H32N2O4/c1-4-29-24(28)19(3)26(21-11-12-21)17-23(27)25(16-22-13-10-18(2)30-22)15-14-20-8-6-5-7-9-20/h5-10,13,19,21H,4,11-12,14-17H2,1-3H3/t19-/m0/s1. The SMILES string of the molecule is CCOC(=O)[C@H](C)N(CC(=O)N(CCc1ccccc1)Cc1ccc(C)o1)C1CC1. The van der Waals surface area contributed by atoms with Crippen molar-refractivity contribution in [3.8, 4) is 0 Å². The Morgan fingerprint density at radius 3 is 2.50 bits per heavy atom. The molecule has 0 spiro atoms. The highest BCUT2D eigenvalue weighted by Gasteiger charge is 2.37. The zero-order chi connectivity index (χ0) is 21.5. The number of furan rings is 1. The number of benzene rings is 1. The van der Waals surface area contributed by atoms with Gasteiger partial charge in [-0.15, -0.1) is 0 Å². The van der Waals surface area contributed by atoms with Crippen LogP contribution in [0.3, 0.4) is 0 Å². The molecule has 1 aliphatic rings. The minimum Gasteiger partial charge on any atom is -0.465 e. The van der Waals surface area contributed by atoms with Crippen molar-refractivity contribution in [2.75, 3.05) is 19.7 Å². The first-order chi connectivity index (χ1) is 14.5. The first-order valence-corrected chi connectivity index (χ1v) is 10.8. The van der Waals surface area contributed by atoms with E-state index in [-0.39, 0.29) is 24.5 Å². The largest absolute Gasteiger partial charge is 0.465 e. The molecule has 6 nitrogen and oxygen atoms in total. The van der Waals surface area contributed by atoms with E-state index in [4.69, 9.17) is 9.15 Å². The fourth-order valence-corrected chi connectivity index (χ4v) is 3.60. The van der Waals surface area contributed by atoms with Crippen molar-refractivity contribution >= 4 is 11.9 Å². The number of aryl methyl sites for hydroxylation is 1. The van der Waals surface area contributed by atoms with Gasteiger partial charge in [0.1, 0.15) is 17.6 Å². The van der Waals surface area contributed by atoms with E-state index in [0.717, 1.165) is 30.8 Å². The van der Waals surface area contributed by atoms with Crippen LogP contribution in [0.1, 0.15) is 43.8 Å². The van der Waals surface area contributed by atoms with Gasteiger partial charge in [0.15, 0.2) is 0 Å². The molecule has 2 aromatic rings. The maximum atomic E-state index is 13.3. The van der Waals surface area contributed by atoms with E-state index in [1.807, 2.05) is 54.0 Å². The maximum absolute atomic E-state index is 13.3. The van der Waals surface area contributed by atoms with Gasteiger partial charge in [0, 0.05) is 12.6 Å². The van der Waals surface area contributed by atoms with E-state index in [9.17, 15) is 9.59 Å². The van der Waals surface area contributed by atoms with Crippen molar-refractivity contribution < 1.29 is 18.7 Å². The number of carbonyl (C=O) groups excluding carboxylic acids is 2. The molecule has 1 aromatic carbocycles. The zero-order valence-corrected chi connectivity index (χ0v) is 18.2. The molecule has 0 aliphatic heterocycles. The third-order valence-corrected chi connectivity index (χ3v) is 5.47. The third-order valence-electron chi connectivity index (χ3n) is 5.47. The molecule has 1 aromatic heterocycles. The number of rotatable bonds is 11. The minimum atomic E-state index is -0.428. The molecule has 1 fully saturated rings. The molecule has 1 atom stereocenters. The van der Waals surface area contributed by atoms with Crippen molar-refractivity contribution in [2.45, 2.75) is 58.7 Å². The number of carbonyl (C=O) groups is 2. The normalized spacial score (nSPS) is 14.5. The lowest BCUT2D eigenvalue weighted by molar-refractivity contribution is -0.150. The van der Waals surface area contributed by atoms with Crippen LogP contribution in [0.25, 0.3) is 0 Å². The lowest BCUT2D eigenvalue weighted by Crippen LogP contribution is -2.48. The van der Waals surface area contributed by atoms with Gasteiger partial charge in [-0.05, 0) is 57.7 Å². The summed E-state index contributed by atoms with van der Waals surface area (Å²) in [7, 11) is 0. The number of ether oxygens (including phenoxy) is 1. The molecule has 1 amide bonds. The summed E-state index contributed by atoms with van der Waals surface area (Å²) in [5.74, 6) is 1.33. The maximum Gasteiger partial charge on any atom is 0.323 e. The Labute approximate surface area is 178 Å². The third kappa shape index (κ3) is 6.20. The highest BCUT2D eigenvalue weighted by molar-refractivity contribution is 5.80. The summed E-state index contributed by atoms with van der Waals surface area (Å²) in [6.45, 7) is 7.09. The Morgan fingerprint density at radius 2 is 1.90 bits per heavy atom. The van der Waals surface area contributed by atoms with Crippen molar-refractivity contribution in [3.05, 3.63) is 59.5 Å². The summed E-state index contributed by atoms with van der Waals surface area (Å²) >= 11 is 0. The highest BCUT2D eigenvalue weighted by atomic mass is 16.5. The van der Waals surface area contributed by atoms with Crippen LogP contribution in [0, 0.1) is 6.92 Å². The van der Waals surface area contributed by atoms with Crippen LogP contribution in [-0.2, 0) is 27.3 Å². The summed E-state index contributed by atoms with van der Waals surface area (Å²) in [4.78, 5) is 29.4. The van der Waals surface area contributed by atoms with Crippen LogP contribution < -0.4 is 0 Å². The fraction of sp³-hybridized carbons (Fsp3) is 0.500. The summed E-state index contributed by atoms with van der Waals surface area (Å²) in [6, 6.07) is 13.8. The predicted molar refractivity (Wildman–Crippen MR) is 115 cm³/mol. The number of esters is 1. The Balaban J connectivity index is 1.69. The van der Waals surface area contributed by atoms with Crippen molar-refractivity contribution in [1.29, 1.82) is 0 Å². The second-order valence-electron chi connectivity index (χ2n) is 7.89. The molecule has 0 radical (unpaired) electrons. The van der Waals surface area contributed by atoms with Gasteiger partial charge in [-0.3, -0.25) is 14.5 Å². The molecule has 1 heterocycles. The van der Waals surface area contributed by atoms with E-state index in [2.05, 4.69) is 12.1 Å². The smallest absolute Gasteiger partial charge is 0.323 e. The summed E-state index contributed by atoms with van der Waals surface area (Å²) < 4.78 is 10.9. The van der Waals surface area contributed by atoms with Crippen molar-refractivity contribution in [3.63, 3.8) is 0 Å². The van der Waals surface area contributed by atoms with Gasteiger partial charge in [0.25, 0.3) is 0 Å². The molecule has 6 heteroatoms. The Bertz CT molecular complexity index is 829. The molecule has 0 saturated heterocycles. The molecular weight excluding hydrogens is 380 g/mol. The van der Waals surface area contributed by atoms with Crippen LogP contribution >= 0.6 is 0 Å². The predicted octanol–water partition coefficient (Wildman–Crippen LogP) is 3.58. The molecule has 30 heavy (non-hydrogen) atoms. The molecule has 1 saturated carbocycles. The molecule has 0 N–H and O–H groups in total. The monoisotopic (exact) mass is 412 g/mol. The first kappa shape index (κ1) is 22.1. The van der Waals surface area contributed by atoms with Gasteiger partial charge < -0.3 is 14.1 Å². The summed E-state index contributed by atoms with van der Waals surface area (Å²) in [6.07, 6.45) is 2.79. The van der Waals surface area contributed by atoms with Gasteiger partial charge >= 0.3 is 5.97 Å². The number of nitrogens with zero attached hydrogens (tertiary/aromatic N) is 2. The Hall–Kier alpha value is -2.60. The number of hydrogen-bond donors (Lipinski definition) is 0. The molecular formula is C24H32N2O4. The van der Waals surface area contributed by atoms with Crippen molar-refractivity contribution in [2.24, 2.45) is 0 Å². The van der Waals surface area contributed by atoms with Crippen molar-refractivity contribution in [1.82, 2.24) is 9.80 Å². The van der Waals surface area contributed by atoms with Gasteiger partial charge in [-0.25, -0.2) is 0 Å². The molecule has 1 aliphatic carbocycles. The van der Waals surface area contributed by atoms with E-state index in [1.165, 1.54) is 5.56 Å². The highest BCUT2D eigenvalue weighted by Crippen LogP contribution is 2.29. The van der Waals surface area contributed by atoms with Gasteiger partial charge in [0.2, 0.25) is 5.91 Å². The van der Waals surface area contributed by atoms with E-state index < -0.39 is 6.04 Å². The van der Waals surface area contributed by atoms with Gasteiger partial charge in [-0.2, -0.15) is 0 Å². The second-order valence-corrected chi connectivity index (χ2v) is 7.89. The van der Waals surface area contributed by atoms with E-state index >= 15 is 0 Å². The minimum absolute atomic E-state index is 0.00281. The number of hydrogen-bond acceptors (Lipinski definition) is 5. The average molecular weight is 413 g/mol. The van der Waals surface area contributed by atoms with Crippen LogP contribution in [-0.4, -0.2) is 53.5 Å². The quantitative estimate of drug-likeness (QED) is 0.528. The Kier molecular flexibility index (Phi) is 7.69. The molecule has 3 rings (SSSR count). The Morgan fingerprint density at radius 1 is 1.17 bits per heavy atom. The topological polar surface area (TPSA) is 63.0 Å². The second kappa shape index (κ2) is 10.4. The molecule has 0 unspecified atom stereocenters. The van der Waals surface area contributed by atoms with Gasteiger partial charge in [0.05, 0.1) is 19.7 Å². The van der Waals surface area contributed by atoms with E-state index in [1.54, 1.807) is 6.92 Å². The van der Waals surface area contributed by atoms with Gasteiger partial charge in [-0.1, -0.05) is 30.3 Å². The number of amides is 1. The average Bonchev–Trinajstić information content (AvgIpc) is 3.50. The zero-order valence-electron chi connectivity index (χ0n) is 18.2. The lowest BCUT2D eigenvalue weighted by atomic mass is 10.1. The summed E-state index contributed by atoms with van der Waals surface area (Å²) in [5.41, 5.74) is 1.19. The fourth-order valence-electron chi connectivity index (χ4n) is 3.60. The van der Waals surface area contributed by atoms with Crippen LogP contribution in [0.5, 0.6) is 0 Å². The van der Waals surface area contributed by atoms with E-state index in [0.29, 0.717) is 19.7 Å². The lowest BCUT2D eigenvalue weighted by Gasteiger charge is -2.30. The van der Waals surface area contributed by atoms with Crippen LogP contribution in [0.4, 0.5) is 0 Å².